The molecule has 120 valence electrons. The fourth-order valence-corrected chi connectivity index (χ4v) is 1.76. The summed E-state index contributed by atoms with van der Waals surface area (Å²) in [6.45, 7) is 0. The predicted octanol–water partition coefficient (Wildman–Crippen LogP) is 3.48. The summed E-state index contributed by atoms with van der Waals surface area (Å²) in [7, 11) is 1.54. The maximum atomic E-state index is 12.6. The Morgan fingerprint density at radius 3 is 2.48 bits per heavy atom. The highest BCUT2D eigenvalue weighted by atomic mass is 19.4. The minimum Gasteiger partial charge on any atom is -0.497 e. The normalized spacial score (nSPS) is 11.5. The molecule has 0 fully saturated rings. The maximum absolute atomic E-state index is 12.6. The van der Waals surface area contributed by atoms with Gasteiger partial charge in [0.25, 0.3) is 5.91 Å². The fraction of sp³-hybridized carbons (Fsp3) is 0.125. The number of halogens is 3. The monoisotopic (exact) mass is 322 g/mol. The van der Waals surface area contributed by atoms with Crippen LogP contribution in [-0.2, 0) is 6.18 Å². The van der Waals surface area contributed by atoms with Crippen molar-refractivity contribution in [2.24, 2.45) is 5.10 Å². The molecule has 0 aliphatic rings. The van der Waals surface area contributed by atoms with E-state index in [-0.39, 0.29) is 5.56 Å². The Hall–Kier alpha value is -2.83. The SMILES string of the molecule is COc1ccc(/C=N\NC(=O)c2cccc(C(F)(F)F)c2)cc1. The molecule has 23 heavy (non-hydrogen) atoms. The first kappa shape index (κ1) is 16.5. The summed E-state index contributed by atoms with van der Waals surface area (Å²) < 4.78 is 42.8. The number of methoxy groups -OCH3 is 1. The topological polar surface area (TPSA) is 50.7 Å². The quantitative estimate of drug-likeness (QED) is 0.692. The van der Waals surface area contributed by atoms with Crippen LogP contribution in [0.5, 0.6) is 5.75 Å². The van der Waals surface area contributed by atoms with E-state index in [1.54, 1.807) is 31.4 Å². The van der Waals surface area contributed by atoms with E-state index in [1.807, 2.05) is 0 Å². The molecule has 4 nitrogen and oxygen atoms in total. The average molecular weight is 322 g/mol. The van der Waals surface area contributed by atoms with Gasteiger partial charge in [0.05, 0.1) is 18.9 Å². The molecule has 0 radical (unpaired) electrons. The molecular formula is C16H13F3N2O2. The van der Waals surface area contributed by atoms with Gasteiger partial charge in [0.2, 0.25) is 0 Å². The molecule has 0 aliphatic heterocycles. The lowest BCUT2D eigenvalue weighted by Crippen LogP contribution is -2.18. The van der Waals surface area contributed by atoms with E-state index in [9.17, 15) is 18.0 Å². The van der Waals surface area contributed by atoms with Crippen LogP contribution < -0.4 is 10.2 Å². The Bertz CT molecular complexity index is 710. The van der Waals surface area contributed by atoms with Crippen molar-refractivity contribution in [1.29, 1.82) is 0 Å². The number of benzene rings is 2. The third kappa shape index (κ3) is 4.57. The van der Waals surface area contributed by atoms with Crippen LogP contribution >= 0.6 is 0 Å². The van der Waals surface area contributed by atoms with Gasteiger partial charge in [0.15, 0.2) is 0 Å². The Morgan fingerprint density at radius 2 is 1.87 bits per heavy atom. The highest BCUT2D eigenvalue weighted by molar-refractivity contribution is 5.95. The lowest BCUT2D eigenvalue weighted by Gasteiger charge is -2.07. The number of hydrogen-bond donors (Lipinski definition) is 1. The lowest BCUT2D eigenvalue weighted by molar-refractivity contribution is -0.137. The van der Waals surface area contributed by atoms with Gasteiger partial charge in [0.1, 0.15) is 5.75 Å². The molecule has 0 unspecified atom stereocenters. The smallest absolute Gasteiger partial charge is 0.416 e. The molecule has 7 heteroatoms. The first-order chi connectivity index (χ1) is 10.9. The zero-order valence-electron chi connectivity index (χ0n) is 12.1. The zero-order valence-corrected chi connectivity index (χ0v) is 12.1. The number of carbonyl (C=O) groups excluding carboxylic acids is 1. The highest BCUT2D eigenvalue weighted by Gasteiger charge is 2.30. The van der Waals surface area contributed by atoms with Gasteiger partial charge in [-0.3, -0.25) is 4.79 Å². The number of carbonyl (C=O) groups is 1. The molecule has 0 saturated heterocycles. The minimum absolute atomic E-state index is 0.119. The van der Waals surface area contributed by atoms with Crippen molar-refractivity contribution in [2.75, 3.05) is 7.11 Å². The number of ether oxygens (including phenoxy) is 1. The summed E-state index contributed by atoms with van der Waals surface area (Å²) in [5.41, 5.74) is 1.89. The van der Waals surface area contributed by atoms with E-state index in [2.05, 4.69) is 10.5 Å². The second-order valence-electron chi connectivity index (χ2n) is 4.55. The van der Waals surface area contributed by atoms with E-state index in [0.717, 1.165) is 12.1 Å². The van der Waals surface area contributed by atoms with Gasteiger partial charge in [0, 0.05) is 5.56 Å². The number of nitrogens with zero attached hydrogens (tertiary/aromatic N) is 1. The van der Waals surface area contributed by atoms with Gasteiger partial charge in [-0.15, -0.1) is 0 Å². The van der Waals surface area contributed by atoms with E-state index in [1.165, 1.54) is 18.3 Å². The van der Waals surface area contributed by atoms with Gasteiger partial charge < -0.3 is 4.74 Å². The molecule has 0 heterocycles. The zero-order chi connectivity index (χ0) is 16.9. The van der Waals surface area contributed by atoms with Crippen LogP contribution in [0.15, 0.2) is 53.6 Å². The number of hydrazone groups is 1. The summed E-state index contributed by atoms with van der Waals surface area (Å²) in [6, 6.07) is 11.0. The van der Waals surface area contributed by atoms with Crippen LogP contribution in [0.2, 0.25) is 0 Å². The van der Waals surface area contributed by atoms with Gasteiger partial charge in [-0.2, -0.15) is 18.3 Å². The van der Waals surface area contributed by atoms with E-state index >= 15 is 0 Å². The van der Waals surface area contributed by atoms with Gasteiger partial charge in [-0.05, 0) is 48.0 Å². The van der Waals surface area contributed by atoms with Crippen LogP contribution in [-0.4, -0.2) is 19.2 Å². The van der Waals surface area contributed by atoms with E-state index in [0.29, 0.717) is 11.3 Å². The van der Waals surface area contributed by atoms with Crippen molar-refractivity contribution in [3.05, 3.63) is 65.2 Å². The van der Waals surface area contributed by atoms with E-state index in [4.69, 9.17) is 4.74 Å². The molecule has 0 atom stereocenters. The average Bonchev–Trinajstić information content (AvgIpc) is 2.54. The third-order valence-electron chi connectivity index (χ3n) is 2.95. The van der Waals surface area contributed by atoms with Crippen molar-refractivity contribution in [2.45, 2.75) is 6.18 Å². The Balaban J connectivity index is 2.03. The van der Waals surface area contributed by atoms with Crippen LogP contribution in [0.1, 0.15) is 21.5 Å². The molecular weight excluding hydrogens is 309 g/mol. The molecule has 2 rings (SSSR count). The first-order valence-electron chi connectivity index (χ1n) is 6.55. The molecule has 0 saturated carbocycles. The lowest BCUT2D eigenvalue weighted by atomic mass is 10.1. The van der Waals surface area contributed by atoms with Crippen LogP contribution in [0.4, 0.5) is 13.2 Å². The maximum Gasteiger partial charge on any atom is 0.416 e. The molecule has 0 aliphatic carbocycles. The van der Waals surface area contributed by atoms with Crippen LogP contribution in [0.25, 0.3) is 0 Å². The highest BCUT2D eigenvalue weighted by Crippen LogP contribution is 2.29. The Labute approximate surface area is 130 Å². The summed E-state index contributed by atoms with van der Waals surface area (Å²) in [6.07, 6.45) is -3.12. The number of amides is 1. The second-order valence-corrected chi connectivity index (χ2v) is 4.55. The Kier molecular flexibility index (Phi) is 5.00. The minimum atomic E-state index is -4.50. The van der Waals surface area contributed by atoms with Crippen LogP contribution in [0, 0.1) is 0 Å². The molecule has 2 aromatic carbocycles. The van der Waals surface area contributed by atoms with Crippen LogP contribution in [0.3, 0.4) is 0 Å². The number of rotatable bonds is 4. The molecule has 0 spiro atoms. The summed E-state index contributed by atoms with van der Waals surface area (Å²) in [5, 5.41) is 3.72. The van der Waals surface area contributed by atoms with E-state index < -0.39 is 17.6 Å². The first-order valence-corrected chi connectivity index (χ1v) is 6.55. The molecule has 0 aromatic heterocycles. The third-order valence-corrected chi connectivity index (χ3v) is 2.95. The van der Waals surface area contributed by atoms with Crippen molar-refractivity contribution >= 4 is 12.1 Å². The molecule has 1 N–H and O–H groups in total. The summed E-state index contributed by atoms with van der Waals surface area (Å²) in [4.78, 5) is 11.8. The fourth-order valence-electron chi connectivity index (χ4n) is 1.76. The summed E-state index contributed by atoms with van der Waals surface area (Å²) in [5.74, 6) is -0.0454. The van der Waals surface area contributed by atoms with Crippen molar-refractivity contribution in [3.8, 4) is 5.75 Å². The second kappa shape index (κ2) is 6.95. The van der Waals surface area contributed by atoms with Crippen molar-refractivity contribution < 1.29 is 22.7 Å². The number of alkyl halides is 3. The molecule has 0 bridgehead atoms. The van der Waals surface area contributed by atoms with Gasteiger partial charge in [-0.25, -0.2) is 5.43 Å². The standard InChI is InChI=1S/C16H13F3N2O2/c1-23-14-7-5-11(6-8-14)10-20-21-15(22)12-3-2-4-13(9-12)16(17,18)19/h2-10H,1H3,(H,21,22)/b20-10-. The molecule has 1 amide bonds. The predicted molar refractivity (Wildman–Crippen MR) is 79.5 cm³/mol. The number of nitrogens with one attached hydrogen (secondary N) is 1. The van der Waals surface area contributed by atoms with Gasteiger partial charge >= 0.3 is 6.18 Å². The van der Waals surface area contributed by atoms with Crippen molar-refractivity contribution in [1.82, 2.24) is 5.43 Å². The Morgan fingerprint density at radius 1 is 1.17 bits per heavy atom. The molecule has 2 aromatic rings. The largest absolute Gasteiger partial charge is 0.497 e. The summed E-state index contributed by atoms with van der Waals surface area (Å²) >= 11 is 0. The van der Waals surface area contributed by atoms with Crippen molar-refractivity contribution in [3.63, 3.8) is 0 Å². The number of hydrogen-bond acceptors (Lipinski definition) is 3. The van der Waals surface area contributed by atoms with Gasteiger partial charge in [-0.1, -0.05) is 6.07 Å².